The molecule has 0 unspecified atom stereocenters. The van der Waals surface area contributed by atoms with E-state index in [1.54, 1.807) is 31.3 Å². The number of hydrogen-bond donors (Lipinski definition) is 1. The van der Waals surface area contributed by atoms with Crippen molar-refractivity contribution < 1.29 is 9.59 Å². The minimum Gasteiger partial charge on any atom is -0.339 e. The van der Waals surface area contributed by atoms with Crippen molar-refractivity contribution in [2.24, 2.45) is 0 Å². The van der Waals surface area contributed by atoms with Crippen LogP contribution in [-0.4, -0.2) is 28.7 Å². The van der Waals surface area contributed by atoms with Gasteiger partial charge in [-0.15, -0.1) is 0 Å². The second kappa shape index (κ2) is 7.57. The molecule has 0 bridgehead atoms. The third kappa shape index (κ3) is 3.92. The summed E-state index contributed by atoms with van der Waals surface area (Å²) in [6, 6.07) is 16.4. The van der Waals surface area contributed by atoms with Gasteiger partial charge in [-0.05, 0) is 43.3 Å². The van der Waals surface area contributed by atoms with E-state index in [-0.39, 0.29) is 17.4 Å². The van der Waals surface area contributed by atoms with Crippen LogP contribution in [0.2, 0.25) is 0 Å². The predicted octanol–water partition coefficient (Wildman–Crippen LogP) is 3.70. The van der Waals surface area contributed by atoms with Gasteiger partial charge >= 0.3 is 0 Å². The average molecular weight is 346 g/mol. The van der Waals surface area contributed by atoms with Gasteiger partial charge in [0.1, 0.15) is 11.5 Å². The normalized spacial score (nSPS) is 10.2. The number of amides is 1. The number of carbonyl (C=O) groups excluding carboxylic acids is 2. The number of benzene rings is 2. The summed E-state index contributed by atoms with van der Waals surface area (Å²) < 4.78 is 0. The first-order chi connectivity index (χ1) is 12.5. The van der Waals surface area contributed by atoms with Gasteiger partial charge in [-0.25, -0.2) is 9.97 Å². The lowest BCUT2D eigenvalue weighted by atomic mass is 10.1. The summed E-state index contributed by atoms with van der Waals surface area (Å²) in [6.07, 6.45) is 2.94. The molecular formula is C20H18N4O2. The van der Waals surface area contributed by atoms with Crippen LogP contribution >= 0.6 is 0 Å². The van der Waals surface area contributed by atoms with Crippen LogP contribution in [0.15, 0.2) is 67.0 Å². The highest BCUT2D eigenvalue weighted by Gasteiger charge is 2.15. The van der Waals surface area contributed by atoms with E-state index < -0.39 is 0 Å². The van der Waals surface area contributed by atoms with Gasteiger partial charge in [0.25, 0.3) is 5.91 Å². The van der Waals surface area contributed by atoms with E-state index in [2.05, 4.69) is 15.3 Å². The molecule has 3 rings (SSSR count). The van der Waals surface area contributed by atoms with Crippen molar-refractivity contribution in [3.8, 4) is 0 Å². The fourth-order valence-corrected chi connectivity index (χ4v) is 2.38. The van der Waals surface area contributed by atoms with Crippen LogP contribution in [0.25, 0.3) is 0 Å². The van der Waals surface area contributed by atoms with Crippen LogP contribution in [0.3, 0.4) is 0 Å². The van der Waals surface area contributed by atoms with E-state index in [4.69, 9.17) is 0 Å². The molecule has 3 aromatic rings. The Morgan fingerprint density at radius 2 is 1.62 bits per heavy atom. The molecule has 2 aromatic carbocycles. The lowest BCUT2D eigenvalue weighted by Crippen LogP contribution is -2.27. The fourth-order valence-electron chi connectivity index (χ4n) is 2.38. The molecule has 26 heavy (non-hydrogen) atoms. The molecule has 6 heteroatoms. The van der Waals surface area contributed by atoms with Crippen LogP contribution in [0, 0.1) is 0 Å². The number of Topliss-reactive ketones (excluding diaryl/α,β-unsaturated/α-hetero) is 1. The van der Waals surface area contributed by atoms with Gasteiger partial charge in [0.05, 0.1) is 12.4 Å². The Morgan fingerprint density at radius 1 is 0.923 bits per heavy atom. The third-order valence-electron chi connectivity index (χ3n) is 3.88. The number of rotatable bonds is 5. The molecule has 0 fully saturated rings. The van der Waals surface area contributed by atoms with E-state index in [1.165, 1.54) is 24.2 Å². The molecule has 0 atom stereocenters. The van der Waals surface area contributed by atoms with Crippen molar-refractivity contribution in [3.63, 3.8) is 0 Å². The van der Waals surface area contributed by atoms with Crippen LogP contribution in [0.4, 0.5) is 17.2 Å². The van der Waals surface area contributed by atoms with E-state index in [1.807, 2.05) is 30.3 Å². The molecule has 0 radical (unpaired) electrons. The Hall–Kier alpha value is -3.54. The van der Waals surface area contributed by atoms with Gasteiger partial charge in [0.15, 0.2) is 5.78 Å². The summed E-state index contributed by atoms with van der Waals surface area (Å²) in [7, 11) is 1.70. The molecule has 130 valence electrons. The molecule has 6 nitrogen and oxygen atoms in total. The fraction of sp³-hybridized carbons (Fsp3) is 0.100. The van der Waals surface area contributed by atoms with Gasteiger partial charge in [-0.3, -0.25) is 9.59 Å². The van der Waals surface area contributed by atoms with Gasteiger partial charge in [0, 0.05) is 24.0 Å². The second-order valence-corrected chi connectivity index (χ2v) is 5.75. The lowest BCUT2D eigenvalue weighted by Gasteiger charge is -2.16. The van der Waals surface area contributed by atoms with Gasteiger partial charge in [0.2, 0.25) is 0 Å². The van der Waals surface area contributed by atoms with Crippen LogP contribution in [0.5, 0.6) is 0 Å². The molecule has 1 amide bonds. The molecule has 0 saturated heterocycles. The van der Waals surface area contributed by atoms with Crippen LogP contribution < -0.4 is 10.2 Å². The van der Waals surface area contributed by atoms with Crippen molar-refractivity contribution in [3.05, 3.63) is 78.2 Å². The number of nitrogens with one attached hydrogen (secondary N) is 1. The summed E-state index contributed by atoms with van der Waals surface area (Å²) in [5.41, 5.74) is 2.47. The van der Waals surface area contributed by atoms with Crippen molar-refractivity contribution >= 4 is 28.9 Å². The molecule has 0 aliphatic rings. The number of para-hydroxylation sites is 1. The zero-order valence-corrected chi connectivity index (χ0v) is 14.5. The third-order valence-corrected chi connectivity index (χ3v) is 3.88. The predicted molar refractivity (Wildman–Crippen MR) is 101 cm³/mol. The standard InChI is InChI=1S/C20H18N4O2/c1-14(25)15-8-10-16(11-9-15)23-19-13-21-18(12-22-19)20(26)24(2)17-6-4-3-5-7-17/h3-13H,1-2H3,(H,22,23). The van der Waals surface area contributed by atoms with Crippen molar-refractivity contribution in [2.75, 3.05) is 17.3 Å². The monoisotopic (exact) mass is 346 g/mol. The van der Waals surface area contributed by atoms with E-state index in [0.717, 1.165) is 11.4 Å². The van der Waals surface area contributed by atoms with Crippen molar-refractivity contribution in [1.29, 1.82) is 0 Å². The molecule has 0 saturated carbocycles. The number of aromatic nitrogens is 2. The molecule has 0 spiro atoms. The summed E-state index contributed by atoms with van der Waals surface area (Å²) in [5.74, 6) is 0.294. The Labute approximate surface area is 151 Å². The topological polar surface area (TPSA) is 75.2 Å². The SMILES string of the molecule is CC(=O)c1ccc(Nc2cnc(C(=O)N(C)c3ccccc3)cn2)cc1. The quantitative estimate of drug-likeness (QED) is 0.713. The minimum absolute atomic E-state index is 0.0155. The Bertz CT molecular complexity index is 907. The number of hydrogen-bond acceptors (Lipinski definition) is 5. The molecule has 0 aliphatic carbocycles. The maximum atomic E-state index is 12.5. The molecule has 0 aliphatic heterocycles. The maximum Gasteiger partial charge on any atom is 0.278 e. The zero-order chi connectivity index (χ0) is 18.5. The van der Waals surface area contributed by atoms with Gasteiger partial charge in [-0.2, -0.15) is 0 Å². The Kier molecular flexibility index (Phi) is 5.03. The summed E-state index contributed by atoms with van der Waals surface area (Å²) >= 11 is 0. The average Bonchev–Trinajstić information content (AvgIpc) is 2.68. The van der Waals surface area contributed by atoms with Crippen molar-refractivity contribution in [2.45, 2.75) is 6.92 Å². The Morgan fingerprint density at radius 3 is 2.19 bits per heavy atom. The molecule has 1 N–H and O–H groups in total. The Balaban J connectivity index is 1.70. The molecule has 1 aromatic heterocycles. The highest BCUT2D eigenvalue weighted by atomic mass is 16.2. The summed E-state index contributed by atoms with van der Waals surface area (Å²) in [4.78, 5) is 33.7. The lowest BCUT2D eigenvalue weighted by molar-refractivity contribution is 0.0985. The number of ketones is 1. The molecule has 1 heterocycles. The van der Waals surface area contributed by atoms with E-state index >= 15 is 0 Å². The van der Waals surface area contributed by atoms with E-state index in [9.17, 15) is 9.59 Å². The van der Waals surface area contributed by atoms with Gasteiger partial charge in [-0.1, -0.05) is 18.2 Å². The summed E-state index contributed by atoms with van der Waals surface area (Å²) in [6.45, 7) is 1.52. The van der Waals surface area contributed by atoms with Gasteiger partial charge < -0.3 is 10.2 Å². The summed E-state index contributed by atoms with van der Waals surface area (Å²) in [5, 5.41) is 3.09. The smallest absolute Gasteiger partial charge is 0.278 e. The highest BCUT2D eigenvalue weighted by molar-refractivity contribution is 6.04. The minimum atomic E-state index is -0.235. The maximum absolute atomic E-state index is 12.5. The van der Waals surface area contributed by atoms with E-state index in [0.29, 0.717) is 11.4 Å². The number of anilines is 3. The zero-order valence-electron chi connectivity index (χ0n) is 14.5. The first kappa shape index (κ1) is 17.3. The number of nitrogens with zero attached hydrogens (tertiary/aromatic N) is 3. The highest BCUT2D eigenvalue weighted by Crippen LogP contribution is 2.17. The number of carbonyl (C=O) groups is 2. The van der Waals surface area contributed by atoms with Crippen molar-refractivity contribution in [1.82, 2.24) is 9.97 Å². The molecular weight excluding hydrogens is 328 g/mol. The van der Waals surface area contributed by atoms with Crippen LogP contribution in [-0.2, 0) is 0 Å². The van der Waals surface area contributed by atoms with Crippen LogP contribution in [0.1, 0.15) is 27.8 Å². The largest absolute Gasteiger partial charge is 0.339 e. The first-order valence-electron chi connectivity index (χ1n) is 8.08. The second-order valence-electron chi connectivity index (χ2n) is 5.75. The first-order valence-corrected chi connectivity index (χ1v) is 8.08.